The first-order valence-electron chi connectivity index (χ1n) is 25.0. The molecule has 0 aromatic rings. The minimum absolute atomic E-state index is 0.146. The molecule has 3 aliphatic heterocycles. The number of alkyl carbamates (subject to hydrolysis) is 3. The summed E-state index contributed by atoms with van der Waals surface area (Å²) in [7, 11) is 1.33. The van der Waals surface area contributed by atoms with E-state index in [1.165, 1.54) is 14.0 Å². The maximum atomic E-state index is 14.0. The van der Waals surface area contributed by atoms with Gasteiger partial charge in [0.2, 0.25) is 5.91 Å². The number of amides is 5. The molecule has 420 valence electrons. The van der Waals surface area contributed by atoms with Crippen molar-refractivity contribution < 1.29 is 87.0 Å². The molecule has 3 fully saturated rings. The summed E-state index contributed by atoms with van der Waals surface area (Å²) in [6.07, 6.45) is -12.1. The van der Waals surface area contributed by atoms with Crippen molar-refractivity contribution in [3.63, 3.8) is 0 Å². The van der Waals surface area contributed by atoms with Crippen LogP contribution in [0.1, 0.15) is 123 Å². The largest absolute Gasteiger partial charge is 0.491 e. The van der Waals surface area contributed by atoms with Crippen LogP contribution in [-0.4, -0.2) is 196 Å². The summed E-state index contributed by atoms with van der Waals surface area (Å²) in [5.41, 5.74) is -5.53. The fourth-order valence-electron chi connectivity index (χ4n) is 8.95. The Morgan fingerprint density at radius 1 is 0.795 bits per heavy atom. The standard InChI is InChI=1S/C49H86N6O18/c1-44(2,3)70-40(60)51-20-19-31(56)38(59)52-30-21-29(54-42(62)72-46(7,8)9)32(33(57)36(30)68-39-34(58)37(49(15,64)25-65-39)55(16)43(63)73-47(10,11)12)35-28(53-41(61)71-45(4,5)6)18-17-26(67-35)22-50-23-27-24-66-48(13,14)69-27/h17,27-37,39,50,56-58,64H,18-25H2,1-16H3,(H,51,60)(H,52,59)(H,53,61)(H,54,62)/t27-,28+,29-,30+,31-,32?,33-,34+,35-,36-,37+,39+,49-/m0/s1. The normalized spacial score (nSPS) is 31.1. The lowest BCUT2D eigenvalue weighted by Gasteiger charge is -2.52. The summed E-state index contributed by atoms with van der Waals surface area (Å²) in [6, 6.07) is -4.82. The predicted octanol–water partition coefficient (Wildman–Crippen LogP) is 2.42. The lowest BCUT2D eigenvalue weighted by molar-refractivity contribution is -0.305. The van der Waals surface area contributed by atoms with Crippen molar-refractivity contribution in [2.24, 2.45) is 5.92 Å². The second-order valence-corrected chi connectivity index (χ2v) is 23.9. The van der Waals surface area contributed by atoms with Gasteiger partial charge in [-0.05, 0) is 129 Å². The highest BCUT2D eigenvalue weighted by Gasteiger charge is 2.57. The summed E-state index contributed by atoms with van der Waals surface area (Å²) in [6.45, 7) is 25.2. The molecule has 0 spiro atoms. The van der Waals surface area contributed by atoms with Crippen molar-refractivity contribution in [2.45, 2.75) is 224 Å². The van der Waals surface area contributed by atoms with E-state index >= 15 is 0 Å². The molecule has 24 nitrogen and oxygen atoms in total. The fraction of sp³-hybridized carbons (Fsp3) is 0.857. The van der Waals surface area contributed by atoms with Crippen molar-refractivity contribution in [1.82, 2.24) is 31.5 Å². The lowest BCUT2D eigenvalue weighted by atomic mass is 9.72. The van der Waals surface area contributed by atoms with Gasteiger partial charge in [-0.25, -0.2) is 19.2 Å². The van der Waals surface area contributed by atoms with Gasteiger partial charge in [-0.15, -0.1) is 0 Å². The summed E-state index contributed by atoms with van der Waals surface area (Å²) in [4.78, 5) is 68.0. The van der Waals surface area contributed by atoms with Gasteiger partial charge in [0, 0.05) is 32.1 Å². The third-order valence-corrected chi connectivity index (χ3v) is 11.8. The number of likely N-dealkylation sites (N-methyl/N-ethyl adjacent to an activating group) is 1. The van der Waals surface area contributed by atoms with Gasteiger partial charge in [0.05, 0.1) is 50.1 Å². The highest BCUT2D eigenvalue weighted by molar-refractivity contribution is 5.81. The SMILES string of the molecule is CN(C(=O)OC(C)(C)C)[C@@H]1[C@@H](O)[C@@H](O[C@H]2[C@H](NC(=O)[C@@H](O)CCNC(=O)OC(C)(C)C)C[C@H](NC(=O)OC(C)(C)C)C([C@H]3OC(CNC[C@H]4COC(C)(C)O4)=CC[C@H]3NC(=O)OC(C)(C)C)[C@@H]2O)OC[C@]1(C)O. The molecule has 4 aliphatic rings. The summed E-state index contributed by atoms with van der Waals surface area (Å²) >= 11 is 0. The Morgan fingerprint density at radius 2 is 1.36 bits per heavy atom. The number of hydrogen-bond donors (Lipinski definition) is 9. The molecule has 9 N–H and O–H groups in total. The van der Waals surface area contributed by atoms with E-state index in [2.05, 4.69) is 26.6 Å². The molecule has 0 aromatic carbocycles. The van der Waals surface area contributed by atoms with Crippen molar-refractivity contribution in [1.29, 1.82) is 0 Å². The van der Waals surface area contributed by atoms with Crippen LogP contribution < -0.4 is 26.6 Å². The summed E-state index contributed by atoms with van der Waals surface area (Å²) in [5.74, 6) is -2.55. The zero-order chi connectivity index (χ0) is 55.2. The number of carbonyl (C=O) groups excluding carboxylic acids is 5. The minimum Gasteiger partial charge on any atom is -0.491 e. The number of ether oxygens (including phenoxy) is 9. The lowest BCUT2D eigenvalue weighted by Crippen LogP contribution is -2.71. The average molecular weight is 1050 g/mol. The maximum absolute atomic E-state index is 14.0. The van der Waals surface area contributed by atoms with Crippen LogP contribution in [0, 0.1) is 5.92 Å². The molecular weight excluding hydrogens is 961 g/mol. The van der Waals surface area contributed by atoms with E-state index in [0.717, 1.165) is 4.90 Å². The van der Waals surface area contributed by atoms with Crippen LogP contribution in [-0.2, 0) is 47.4 Å². The Bertz CT molecular complexity index is 1920. The maximum Gasteiger partial charge on any atom is 0.410 e. The molecule has 0 aromatic heterocycles. The zero-order valence-corrected chi connectivity index (χ0v) is 45.6. The first-order chi connectivity index (χ1) is 33.3. The first-order valence-corrected chi connectivity index (χ1v) is 25.0. The topological polar surface area (TPSA) is 313 Å². The second kappa shape index (κ2) is 24.2. The number of nitrogens with zero attached hydrogens (tertiary/aromatic N) is 1. The molecule has 3 heterocycles. The third kappa shape index (κ3) is 19.1. The van der Waals surface area contributed by atoms with Crippen LogP contribution in [0.3, 0.4) is 0 Å². The monoisotopic (exact) mass is 1050 g/mol. The predicted molar refractivity (Wildman–Crippen MR) is 262 cm³/mol. The molecule has 5 amide bonds. The molecule has 0 radical (unpaired) electrons. The number of aliphatic hydroxyl groups is 4. The molecule has 1 unspecified atom stereocenters. The number of nitrogens with one attached hydrogen (secondary N) is 5. The Hall–Kier alpha value is -4.27. The minimum atomic E-state index is -1.87. The van der Waals surface area contributed by atoms with Crippen molar-refractivity contribution in [3.8, 4) is 0 Å². The van der Waals surface area contributed by atoms with Crippen LogP contribution in [0.2, 0.25) is 0 Å². The number of aliphatic hydroxyl groups excluding tert-OH is 3. The van der Waals surface area contributed by atoms with E-state index in [9.17, 15) is 44.4 Å². The number of rotatable bonds is 15. The fourth-order valence-corrected chi connectivity index (χ4v) is 8.95. The van der Waals surface area contributed by atoms with Gasteiger partial charge < -0.3 is 94.5 Å². The third-order valence-electron chi connectivity index (χ3n) is 11.8. The Kier molecular flexibility index (Phi) is 20.3. The zero-order valence-electron chi connectivity index (χ0n) is 45.6. The molecule has 1 aliphatic carbocycles. The molecule has 2 saturated heterocycles. The summed E-state index contributed by atoms with van der Waals surface area (Å²) < 4.78 is 53.0. The van der Waals surface area contributed by atoms with E-state index in [4.69, 9.17) is 42.6 Å². The molecule has 1 saturated carbocycles. The van der Waals surface area contributed by atoms with E-state index in [1.807, 2.05) is 13.8 Å². The molecular formula is C49H86N6O18. The smallest absolute Gasteiger partial charge is 0.410 e. The van der Waals surface area contributed by atoms with Crippen molar-refractivity contribution >= 4 is 30.3 Å². The van der Waals surface area contributed by atoms with E-state index in [1.54, 1.807) is 89.2 Å². The van der Waals surface area contributed by atoms with Gasteiger partial charge in [0.1, 0.15) is 58.2 Å². The van der Waals surface area contributed by atoms with Gasteiger partial charge in [0.15, 0.2) is 12.1 Å². The van der Waals surface area contributed by atoms with Crippen LogP contribution in [0.4, 0.5) is 19.2 Å². The van der Waals surface area contributed by atoms with Crippen LogP contribution in [0.25, 0.3) is 0 Å². The molecule has 4 rings (SSSR count). The highest BCUT2D eigenvalue weighted by Crippen LogP contribution is 2.39. The van der Waals surface area contributed by atoms with Crippen LogP contribution in [0.15, 0.2) is 11.8 Å². The van der Waals surface area contributed by atoms with E-state index in [-0.39, 0.29) is 38.5 Å². The molecule has 73 heavy (non-hydrogen) atoms. The van der Waals surface area contributed by atoms with Crippen molar-refractivity contribution in [2.75, 3.05) is 39.9 Å². The molecule has 13 atom stereocenters. The van der Waals surface area contributed by atoms with Gasteiger partial charge in [-0.3, -0.25) is 4.79 Å². The Morgan fingerprint density at radius 3 is 1.90 bits per heavy atom. The first kappa shape index (κ1) is 61.3. The van der Waals surface area contributed by atoms with Gasteiger partial charge in [0.25, 0.3) is 0 Å². The quantitative estimate of drug-likeness (QED) is 0.106. The van der Waals surface area contributed by atoms with Crippen LogP contribution in [0.5, 0.6) is 0 Å². The van der Waals surface area contributed by atoms with Gasteiger partial charge in [-0.1, -0.05) is 0 Å². The second-order valence-electron chi connectivity index (χ2n) is 23.9. The van der Waals surface area contributed by atoms with Gasteiger partial charge in [-0.2, -0.15) is 0 Å². The number of carbonyl (C=O) groups is 5. The number of hydrogen-bond acceptors (Lipinski definition) is 19. The molecule has 24 heteroatoms. The van der Waals surface area contributed by atoms with E-state index < -0.39 is 138 Å². The highest BCUT2D eigenvalue weighted by atomic mass is 16.7. The average Bonchev–Trinajstić information content (AvgIpc) is 3.55. The van der Waals surface area contributed by atoms with Gasteiger partial charge >= 0.3 is 24.4 Å². The molecule has 0 bridgehead atoms. The van der Waals surface area contributed by atoms with Crippen molar-refractivity contribution in [3.05, 3.63) is 11.8 Å². The summed E-state index contributed by atoms with van der Waals surface area (Å²) in [5, 5.41) is 61.9. The Balaban J connectivity index is 1.78. The van der Waals surface area contributed by atoms with E-state index in [0.29, 0.717) is 18.9 Å². The Labute approximate surface area is 429 Å². The van der Waals surface area contributed by atoms with Crippen LogP contribution >= 0.6 is 0 Å².